The van der Waals surface area contributed by atoms with Crippen LogP contribution in [0.15, 0.2) is 54.9 Å². The first-order chi connectivity index (χ1) is 12.8. The van der Waals surface area contributed by atoms with Gasteiger partial charge in [-0.3, -0.25) is 9.88 Å². The molecule has 0 bridgehead atoms. The third kappa shape index (κ3) is 5.05. The van der Waals surface area contributed by atoms with Crippen molar-refractivity contribution in [2.45, 2.75) is 38.9 Å². The molecule has 0 aliphatic carbocycles. The molecule has 2 aromatic rings. The standard InChI is InChI=1S/C21H28N4O/c1-2-24-14-6-9-20(24)17-25(16-19-10-12-22-13-11-19)21(26)23-15-18-7-4-3-5-8-18/h3-5,7-8,10-13,20H,2,6,9,14-17H2,1H3,(H,23,26)/t20-/m0/s1. The summed E-state index contributed by atoms with van der Waals surface area (Å²) in [6, 6.07) is 14.4. The summed E-state index contributed by atoms with van der Waals surface area (Å²) in [6.45, 7) is 6.29. The molecule has 1 fully saturated rings. The van der Waals surface area contributed by atoms with Gasteiger partial charge in [0.05, 0.1) is 0 Å². The van der Waals surface area contributed by atoms with Crippen molar-refractivity contribution >= 4 is 6.03 Å². The van der Waals surface area contributed by atoms with E-state index in [1.165, 1.54) is 6.42 Å². The van der Waals surface area contributed by atoms with Gasteiger partial charge in [0, 0.05) is 38.1 Å². The van der Waals surface area contributed by atoms with Gasteiger partial charge < -0.3 is 10.2 Å². The number of likely N-dealkylation sites (tertiary alicyclic amines) is 1. The van der Waals surface area contributed by atoms with Crippen molar-refractivity contribution in [3.63, 3.8) is 0 Å². The maximum absolute atomic E-state index is 12.9. The van der Waals surface area contributed by atoms with Gasteiger partial charge in [0.1, 0.15) is 0 Å². The van der Waals surface area contributed by atoms with E-state index in [0.717, 1.165) is 37.2 Å². The Bertz CT molecular complexity index is 677. The SMILES string of the molecule is CCN1CCC[C@H]1CN(Cc1ccncc1)C(=O)NCc1ccccc1. The molecule has 5 nitrogen and oxygen atoms in total. The molecule has 1 aromatic carbocycles. The van der Waals surface area contributed by atoms with Crippen LogP contribution in [0.25, 0.3) is 0 Å². The molecule has 5 heteroatoms. The second-order valence-corrected chi connectivity index (χ2v) is 6.80. The molecule has 1 atom stereocenters. The fourth-order valence-corrected chi connectivity index (χ4v) is 3.59. The number of carbonyl (C=O) groups is 1. The van der Waals surface area contributed by atoms with Crippen LogP contribution >= 0.6 is 0 Å². The zero-order chi connectivity index (χ0) is 18.2. The van der Waals surface area contributed by atoms with E-state index in [1.807, 2.05) is 47.4 Å². The number of nitrogens with zero attached hydrogens (tertiary/aromatic N) is 3. The van der Waals surface area contributed by atoms with Gasteiger partial charge >= 0.3 is 6.03 Å². The Labute approximate surface area is 156 Å². The van der Waals surface area contributed by atoms with E-state index < -0.39 is 0 Å². The van der Waals surface area contributed by atoms with Gasteiger partial charge in [-0.1, -0.05) is 37.3 Å². The summed E-state index contributed by atoms with van der Waals surface area (Å²) < 4.78 is 0. The van der Waals surface area contributed by atoms with Crippen molar-refractivity contribution in [1.82, 2.24) is 20.1 Å². The highest BCUT2D eigenvalue weighted by atomic mass is 16.2. The van der Waals surface area contributed by atoms with Gasteiger partial charge in [-0.15, -0.1) is 0 Å². The quantitative estimate of drug-likeness (QED) is 0.832. The molecule has 1 aliphatic rings. The number of benzene rings is 1. The zero-order valence-corrected chi connectivity index (χ0v) is 15.5. The molecular formula is C21H28N4O. The van der Waals surface area contributed by atoms with Crippen LogP contribution in [0, 0.1) is 0 Å². The summed E-state index contributed by atoms with van der Waals surface area (Å²) in [5, 5.41) is 3.08. The van der Waals surface area contributed by atoms with E-state index in [4.69, 9.17) is 0 Å². The predicted molar refractivity (Wildman–Crippen MR) is 104 cm³/mol. The Morgan fingerprint density at radius 1 is 1.19 bits per heavy atom. The first-order valence-electron chi connectivity index (χ1n) is 9.46. The van der Waals surface area contributed by atoms with Crippen molar-refractivity contribution in [2.75, 3.05) is 19.6 Å². The van der Waals surface area contributed by atoms with Gasteiger partial charge in [0.25, 0.3) is 0 Å². The lowest BCUT2D eigenvalue weighted by Gasteiger charge is -2.30. The number of aromatic nitrogens is 1. The monoisotopic (exact) mass is 352 g/mol. The molecular weight excluding hydrogens is 324 g/mol. The van der Waals surface area contributed by atoms with E-state index in [9.17, 15) is 4.79 Å². The van der Waals surface area contributed by atoms with Crippen LogP contribution < -0.4 is 5.32 Å². The van der Waals surface area contributed by atoms with Crippen LogP contribution in [-0.4, -0.2) is 46.5 Å². The number of hydrogen-bond acceptors (Lipinski definition) is 3. The Morgan fingerprint density at radius 3 is 2.69 bits per heavy atom. The topological polar surface area (TPSA) is 48.5 Å². The van der Waals surface area contributed by atoms with Crippen molar-refractivity contribution < 1.29 is 4.79 Å². The molecule has 0 unspecified atom stereocenters. The minimum Gasteiger partial charge on any atom is -0.334 e. The van der Waals surface area contributed by atoms with Crippen molar-refractivity contribution in [1.29, 1.82) is 0 Å². The Balaban J connectivity index is 1.66. The van der Waals surface area contributed by atoms with Crippen LogP contribution in [0.5, 0.6) is 0 Å². The molecule has 0 radical (unpaired) electrons. The van der Waals surface area contributed by atoms with Crippen LogP contribution in [0.1, 0.15) is 30.9 Å². The molecule has 2 heterocycles. The van der Waals surface area contributed by atoms with E-state index in [0.29, 0.717) is 19.1 Å². The number of amides is 2. The normalized spacial score (nSPS) is 17.2. The zero-order valence-electron chi connectivity index (χ0n) is 15.5. The van der Waals surface area contributed by atoms with Gasteiger partial charge in [-0.2, -0.15) is 0 Å². The van der Waals surface area contributed by atoms with Crippen LogP contribution in [0.3, 0.4) is 0 Å². The number of hydrogen-bond donors (Lipinski definition) is 1. The summed E-state index contributed by atoms with van der Waals surface area (Å²) in [5.74, 6) is 0. The summed E-state index contributed by atoms with van der Waals surface area (Å²) in [7, 11) is 0. The molecule has 0 saturated carbocycles. The summed E-state index contributed by atoms with van der Waals surface area (Å²) in [6.07, 6.45) is 5.94. The highest BCUT2D eigenvalue weighted by molar-refractivity contribution is 5.74. The minimum atomic E-state index is -0.00591. The first kappa shape index (κ1) is 18.4. The molecule has 138 valence electrons. The van der Waals surface area contributed by atoms with Gasteiger partial charge in [0.15, 0.2) is 0 Å². The number of nitrogens with one attached hydrogen (secondary N) is 1. The lowest BCUT2D eigenvalue weighted by atomic mass is 10.2. The van der Waals surface area contributed by atoms with Crippen molar-refractivity contribution in [3.8, 4) is 0 Å². The number of urea groups is 1. The second kappa shape index (κ2) is 9.34. The summed E-state index contributed by atoms with van der Waals surface area (Å²) >= 11 is 0. The number of rotatable bonds is 7. The minimum absolute atomic E-state index is 0.00591. The van der Waals surface area contributed by atoms with Gasteiger partial charge in [0.2, 0.25) is 0 Å². The van der Waals surface area contributed by atoms with Crippen LogP contribution in [0.2, 0.25) is 0 Å². The smallest absolute Gasteiger partial charge is 0.318 e. The third-order valence-corrected chi connectivity index (χ3v) is 5.03. The Hall–Kier alpha value is -2.40. The predicted octanol–water partition coefficient (Wildman–Crippen LogP) is 3.28. The average molecular weight is 352 g/mol. The van der Waals surface area contributed by atoms with Gasteiger partial charge in [-0.05, 0) is 49.2 Å². The molecule has 26 heavy (non-hydrogen) atoms. The van der Waals surface area contributed by atoms with E-state index in [2.05, 4.69) is 22.1 Å². The maximum Gasteiger partial charge on any atom is 0.318 e. The Morgan fingerprint density at radius 2 is 1.96 bits per heavy atom. The molecule has 1 saturated heterocycles. The van der Waals surface area contributed by atoms with Crippen LogP contribution in [0.4, 0.5) is 4.79 Å². The second-order valence-electron chi connectivity index (χ2n) is 6.80. The molecule has 2 amide bonds. The lowest BCUT2D eigenvalue weighted by molar-refractivity contribution is 0.164. The fraction of sp³-hybridized carbons (Fsp3) is 0.429. The van der Waals surface area contributed by atoms with E-state index >= 15 is 0 Å². The fourth-order valence-electron chi connectivity index (χ4n) is 3.59. The highest BCUT2D eigenvalue weighted by Gasteiger charge is 2.27. The molecule has 0 spiro atoms. The van der Waals surface area contributed by atoms with Crippen LogP contribution in [-0.2, 0) is 13.1 Å². The third-order valence-electron chi connectivity index (χ3n) is 5.03. The molecule has 1 aliphatic heterocycles. The lowest BCUT2D eigenvalue weighted by Crippen LogP contribution is -2.46. The summed E-state index contributed by atoms with van der Waals surface area (Å²) in [4.78, 5) is 21.4. The first-order valence-corrected chi connectivity index (χ1v) is 9.46. The van der Waals surface area contributed by atoms with Crippen molar-refractivity contribution in [2.24, 2.45) is 0 Å². The molecule has 1 N–H and O–H groups in total. The summed E-state index contributed by atoms with van der Waals surface area (Å²) in [5.41, 5.74) is 2.22. The van der Waals surface area contributed by atoms with E-state index in [-0.39, 0.29) is 6.03 Å². The Kier molecular flexibility index (Phi) is 6.61. The maximum atomic E-state index is 12.9. The largest absolute Gasteiger partial charge is 0.334 e. The average Bonchev–Trinajstić information content (AvgIpc) is 3.14. The highest BCUT2D eigenvalue weighted by Crippen LogP contribution is 2.19. The molecule has 3 rings (SSSR count). The van der Waals surface area contributed by atoms with E-state index in [1.54, 1.807) is 12.4 Å². The number of pyridine rings is 1. The molecule has 1 aromatic heterocycles. The number of carbonyl (C=O) groups excluding carboxylic acids is 1. The van der Waals surface area contributed by atoms with Gasteiger partial charge in [-0.25, -0.2) is 4.79 Å². The van der Waals surface area contributed by atoms with Crippen molar-refractivity contribution in [3.05, 3.63) is 66.0 Å². The number of likely N-dealkylation sites (N-methyl/N-ethyl adjacent to an activating group) is 1.